The largest absolute Gasteiger partial charge is 0.328 e. The van der Waals surface area contributed by atoms with Crippen LogP contribution in [0.3, 0.4) is 0 Å². The topological polar surface area (TPSA) is 67.3 Å². The van der Waals surface area contributed by atoms with Gasteiger partial charge in [-0.15, -0.1) is 0 Å². The van der Waals surface area contributed by atoms with Gasteiger partial charge in [-0.1, -0.05) is 0 Å². The van der Waals surface area contributed by atoms with E-state index in [1.54, 1.807) is 0 Å². The predicted octanol–water partition coefficient (Wildman–Crippen LogP) is 0.719. The van der Waals surface area contributed by atoms with Crippen molar-refractivity contribution in [1.29, 1.82) is 0 Å². The monoisotopic (exact) mass is 230 g/mol. The minimum Gasteiger partial charge on any atom is -0.328 e. The van der Waals surface area contributed by atoms with Gasteiger partial charge in [-0.2, -0.15) is 0 Å². The Morgan fingerprint density at radius 3 is 1.94 bits per heavy atom. The van der Waals surface area contributed by atoms with Gasteiger partial charge in [-0.25, -0.2) is 0 Å². The van der Waals surface area contributed by atoms with E-state index in [0.717, 1.165) is 13.1 Å². The molecule has 0 heterocycles. The van der Waals surface area contributed by atoms with E-state index >= 15 is 0 Å². The number of hydrogen-bond donors (Lipinski definition) is 3. The van der Waals surface area contributed by atoms with E-state index in [0.29, 0.717) is 6.54 Å². The van der Waals surface area contributed by atoms with Crippen LogP contribution in [-0.2, 0) is 0 Å². The lowest BCUT2D eigenvalue weighted by molar-refractivity contribution is 0.0868. The number of nitrogens with one attached hydrogen (secondary N) is 1. The molecule has 0 spiro atoms. The zero-order valence-electron chi connectivity index (χ0n) is 11.8. The highest BCUT2D eigenvalue weighted by atomic mass is 15.3. The third-order valence-corrected chi connectivity index (χ3v) is 2.51. The minimum atomic E-state index is -0.0678. The first-order valence-corrected chi connectivity index (χ1v) is 6.05. The van der Waals surface area contributed by atoms with Crippen molar-refractivity contribution < 1.29 is 0 Å². The number of hydrogen-bond acceptors (Lipinski definition) is 4. The zero-order chi connectivity index (χ0) is 13.0. The fourth-order valence-electron chi connectivity index (χ4n) is 1.68. The van der Waals surface area contributed by atoms with Crippen LogP contribution in [0.5, 0.6) is 0 Å². The second-order valence-corrected chi connectivity index (χ2v) is 6.34. The molecule has 0 aromatic carbocycles. The summed E-state index contributed by atoms with van der Waals surface area (Å²) in [4.78, 5) is 2.24. The molecular weight excluding hydrogens is 200 g/mol. The maximum atomic E-state index is 6.03. The Morgan fingerprint density at radius 2 is 1.62 bits per heavy atom. The van der Waals surface area contributed by atoms with Crippen LogP contribution in [0.4, 0.5) is 0 Å². The quantitative estimate of drug-likeness (QED) is 0.609. The van der Waals surface area contributed by atoms with Gasteiger partial charge in [0.05, 0.1) is 6.17 Å². The maximum absolute atomic E-state index is 6.03. The molecule has 0 aliphatic rings. The molecule has 98 valence electrons. The minimum absolute atomic E-state index is 0.0539. The van der Waals surface area contributed by atoms with Gasteiger partial charge in [-0.05, 0) is 41.5 Å². The summed E-state index contributed by atoms with van der Waals surface area (Å²) in [5, 5.41) is 3.47. The Balaban J connectivity index is 4.25. The highest BCUT2D eigenvalue weighted by molar-refractivity contribution is 4.82. The normalized spacial score (nSPS) is 15.6. The van der Waals surface area contributed by atoms with Crippen molar-refractivity contribution in [1.82, 2.24) is 10.2 Å². The second-order valence-electron chi connectivity index (χ2n) is 6.34. The van der Waals surface area contributed by atoms with E-state index in [2.05, 4.69) is 51.8 Å². The third kappa shape index (κ3) is 6.43. The van der Waals surface area contributed by atoms with E-state index in [9.17, 15) is 0 Å². The molecule has 1 unspecified atom stereocenters. The van der Waals surface area contributed by atoms with Crippen molar-refractivity contribution in [3.8, 4) is 0 Å². The lowest BCUT2D eigenvalue weighted by atomic mass is 10.0. The molecule has 4 nitrogen and oxygen atoms in total. The SMILES string of the molecule is CC(C)(C)NCCN(C(N)CN)C(C)(C)C. The van der Waals surface area contributed by atoms with Gasteiger partial charge < -0.3 is 16.8 Å². The third-order valence-electron chi connectivity index (χ3n) is 2.51. The average Bonchev–Trinajstić information content (AvgIpc) is 2.07. The molecular formula is C12H30N4. The first-order chi connectivity index (χ1) is 7.08. The van der Waals surface area contributed by atoms with Crippen molar-refractivity contribution >= 4 is 0 Å². The summed E-state index contributed by atoms with van der Waals surface area (Å²) in [5.41, 5.74) is 11.9. The van der Waals surface area contributed by atoms with Crippen LogP contribution in [0.1, 0.15) is 41.5 Å². The Hall–Kier alpha value is -0.160. The molecule has 4 heteroatoms. The summed E-state index contributed by atoms with van der Waals surface area (Å²) in [6.07, 6.45) is -0.0678. The molecule has 0 saturated carbocycles. The summed E-state index contributed by atoms with van der Waals surface area (Å²) >= 11 is 0. The Bertz CT molecular complexity index is 190. The van der Waals surface area contributed by atoms with Gasteiger partial charge in [0.2, 0.25) is 0 Å². The molecule has 0 aliphatic heterocycles. The maximum Gasteiger partial charge on any atom is 0.0702 e. The van der Waals surface area contributed by atoms with E-state index in [1.807, 2.05) is 0 Å². The fraction of sp³-hybridized carbons (Fsp3) is 1.00. The van der Waals surface area contributed by atoms with Crippen molar-refractivity contribution in [2.45, 2.75) is 58.8 Å². The van der Waals surface area contributed by atoms with E-state index in [4.69, 9.17) is 11.5 Å². The van der Waals surface area contributed by atoms with Crippen LogP contribution in [0, 0.1) is 0 Å². The van der Waals surface area contributed by atoms with Crippen LogP contribution in [-0.4, -0.2) is 41.8 Å². The molecule has 0 fully saturated rings. The Kier molecular flexibility index (Phi) is 5.90. The van der Waals surface area contributed by atoms with Crippen LogP contribution in [0.15, 0.2) is 0 Å². The molecule has 0 rings (SSSR count). The van der Waals surface area contributed by atoms with Crippen LogP contribution >= 0.6 is 0 Å². The molecule has 0 amide bonds. The molecule has 0 aliphatic carbocycles. The zero-order valence-corrected chi connectivity index (χ0v) is 11.8. The predicted molar refractivity (Wildman–Crippen MR) is 71.2 cm³/mol. The van der Waals surface area contributed by atoms with Gasteiger partial charge in [0.15, 0.2) is 0 Å². The Labute approximate surface area is 101 Å². The van der Waals surface area contributed by atoms with Crippen molar-refractivity contribution in [2.24, 2.45) is 11.5 Å². The highest BCUT2D eigenvalue weighted by Gasteiger charge is 2.25. The van der Waals surface area contributed by atoms with Gasteiger partial charge in [0.25, 0.3) is 0 Å². The van der Waals surface area contributed by atoms with Crippen LogP contribution in [0.25, 0.3) is 0 Å². The van der Waals surface area contributed by atoms with Crippen molar-refractivity contribution in [3.63, 3.8) is 0 Å². The number of nitrogens with zero attached hydrogens (tertiary/aromatic N) is 1. The summed E-state index contributed by atoms with van der Waals surface area (Å²) < 4.78 is 0. The molecule has 1 atom stereocenters. The summed E-state index contributed by atoms with van der Waals surface area (Å²) in [6.45, 7) is 15.3. The first-order valence-electron chi connectivity index (χ1n) is 6.05. The Morgan fingerprint density at radius 1 is 1.12 bits per heavy atom. The fourth-order valence-corrected chi connectivity index (χ4v) is 1.68. The molecule has 0 saturated heterocycles. The van der Waals surface area contributed by atoms with E-state index in [-0.39, 0.29) is 17.2 Å². The number of nitrogens with two attached hydrogens (primary N) is 2. The summed E-state index contributed by atoms with van der Waals surface area (Å²) in [7, 11) is 0. The smallest absolute Gasteiger partial charge is 0.0702 e. The van der Waals surface area contributed by atoms with Crippen LogP contribution in [0.2, 0.25) is 0 Å². The molecule has 0 aromatic heterocycles. The first kappa shape index (κ1) is 15.8. The lowest BCUT2D eigenvalue weighted by Gasteiger charge is -2.40. The summed E-state index contributed by atoms with van der Waals surface area (Å²) in [6, 6.07) is 0. The molecule has 5 N–H and O–H groups in total. The van der Waals surface area contributed by atoms with Crippen molar-refractivity contribution in [3.05, 3.63) is 0 Å². The average molecular weight is 230 g/mol. The van der Waals surface area contributed by atoms with Crippen LogP contribution < -0.4 is 16.8 Å². The van der Waals surface area contributed by atoms with Gasteiger partial charge in [0, 0.05) is 30.7 Å². The number of rotatable bonds is 5. The van der Waals surface area contributed by atoms with E-state index in [1.165, 1.54) is 0 Å². The molecule has 16 heavy (non-hydrogen) atoms. The standard InChI is InChI=1S/C12H30N4/c1-11(2,3)15-7-8-16(10(14)9-13)12(4,5)6/h10,15H,7-9,13-14H2,1-6H3. The molecule has 0 aromatic rings. The lowest BCUT2D eigenvalue weighted by Crippen LogP contribution is -2.57. The van der Waals surface area contributed by atoms with Gasteiger partial charge in [0.1, 0.15) is 0 Å². The molecule has 0 bridgehead atoms. The van der Waals surface area contributed by atoms with Gasteiger partial charge in [-0.3, -0.25) is 4.90 Å². The summed E-state index contributed by atoms with van der Waals surface area (Å²) in [5.74, 6) is 0. The second kappa shape index (κ2) is 5.96. The van der Waals surface area contributed by atoms with Crippen molar-refractivity contribution in [2.75, 3.05) is 19.6 Å². The van der Waals surface area contributed by atoms with Gasteiger partial charge >= 0.3 is 0 Å². The van der Waals surface area contributed by atoms with E-state index < -0.39 is 0 Å². The highest BCUT2D eigenvalue weighted by Crippen LogP contribution is 2.14. The molecule has 0 radical (unpaired) electrons.